The van der Waals surface area contributed by atoms with Crippen LogP contribution < -0.4 is 4.74 Å². The van der Waals surface area contributed by atoms with Crippen molar-refractivity contribution in [3.63, 3.8) is 0 Å². The van der Waals surface area contributed by atoms with Gasteiger partial charge >= 0.3 is 5.97 Å². The summed E-state index contributed by atoms with van der Waals surface area (Å²) in [6, 6.07) is 6.24. The smallest absolute Gasteiger partial charge is 0.326 e. The first-order valence-electron chi connectivity index (χ1n) is 7.30. The van der Waals surface area contributed by atoms with Crippen LogP contribution in [0.25, 0.3) is 6.08 Å². The molecule has 0 unspecified atom stereocenters. The number of hydrogen-bond donors (Lipinski definition) is 2. The van der Waals surface area contributed by atoms with E-state index in [2.05, 4.69) is 9.97 Å². The zero-order chi connectivity index (χ0) is 17.5. The van der Waals surface area contributed by atoms with Crippen molar-refractivity contribution in [3.05, 3.63) is 54.1 Å². The summed E-state index contributed by atoms with van der Waals surface area (Å²) in [6.07, 6.45) is 6.14. The molecule has 1 aromatic carbocycles. The number of nitrogens with one attached hydrogen (secondary N) is 1. The SMILES string of the molecule is COc1cccc(C=CC(=O)N(C)[C@@H](Cc2cnc[nH]2)C(=O)O)c1. The first kappa shape index (κ1) is 17.3. The Morgan fingerprint density at radius 3 is 2.88 bits per heavy atom. The molecule has 0 aliphatic carbocycles. The van der Waals surface area contributed by atoms with E-state index in [-0.39, 0.29) is 6.42 Å². The van der Waals surface area contributed by atoms with Gasteiger partial charge in [0.25, 0.3) is 0 Å². The number of aromatic amines is 1. The summed E-state index contributed by atoms with van der Waals surface area (Å²) in [5, 5.41) is 9.38. The fourth-order valence-corrected chi connectivity index (χ4v) is 2.18. The molecule has 0 bridgehead atoms. The number of carboxylic acid groups (broad SMARTS) is 1. The normalized spacial score (nSPS) is 12.1. The number of carboxylic acids is 1. The van der Waals surface area contributed by atoms with Crippen molar-refractivity contribution in [3.8, 4) is 5.75 Å². The second-order valence-corrected chi connectivity index (χ2v) is 5.19. The lowest BCUT2D eigenvalue weighted by Crippen LogP contribution is -2.43. The van der Waals surface area contributed by atoms with E-state index < -0.39 is 17.9 Å². The van der Waals surface area contributed by atoms with Gasteiger partial charge in [0.2, 0.25) is 5.91 Å². The second-order valence-electron chi connectivity index (χ2n) is 5.19. The zero-order valence-electron chi connectivity index (χ0n) is 13.5. The summed E-state index contributed by atoms with van der Waals surface area (Å²) in [5.74, 6) is -0.791. The van der Waals surface area contributed by atoms with Gasteiger partial charge in [0.15, 0.2) is 0 Å². The van der Waals surface area contributed by atoms with E-state index in [0.29, 0.717) is 11.4 Å². The van der Waals surface area contributed by atoms with Gasteiger partial charge in [-0.2, -0.15) is 0 Å². The van der Waals surface area contributed by atoms with Gasteiger partial charge in [-0.25, -0.2) is 9.78 Å². The number of imidazole rings is 1. The van der Waals surface area contributed by atoms with Crippen molar-refractivity contribution in [2.24, 2.45) is 0 Å². The van der Waals surface area contributed by atoms with E-state index in [9.17, 15) is 14.7 Å². The second kappa shape index (κ2) is 7.96. The molecule has 2 rings (SSSR count). The number of ether oxygens (including phenoxy) is 1. The number of H-pyrrole nitrogens is 1. The Balaban J connectivity index is 2.08. The number of nitrogens with zero attached hydrogens (tertiary/aromatic N) is 2. The van der Waals surface area contributed by atoms with Gasteiger partial charge in [0.1, 0.15) is 11.8 Å². The van der Waals surface area contributed by atoms with Gasteiger partial charge in [-0.3, -0.25) is 4.79 Å². The van der Waals surface area contributed by atoms with Gasteiger partial charge in [0, 0.05) is 31.4 Å². The monoisotopic (exact) mass is 329 g/mol. The highest BCUT2D eigenvalue weighted by atomic mass is 16.5. The molecule has 0 saturated heterocycles. The highest BCUT2D eigenvalue weighted by Crippen LogP contribution is 2.14. The van der Waals surface area contributed by atoms with E-state index in [0.717, 1.165) is 5.56 Å². The van der Waals surface area contributed by atoms with E-state index in [4.69, 9.17) is 4.74 Å². The number of aliphatic carboxylic acids is 1. The van der Waals surface area contributed by atoms with Gasteiger partial charge < -0.3 is 19.7 Å². The number of likely N-dealkylation sites (N-methyl/N-ethyl adjacent to an activating group) is 1. The van der Waals surface area contributed by atoms with Gasteiger partial charge in [0.05, 0.1) is 13.4 Å². The molecule has 0 aliphatic rings. The third kappa shape index (κ3) is 4.45. The van der Waals surface area contributed by atoms with E-state index >= 15 is 0 Å². The van der Waals surface area contributed by atoms with Crippen LogP contribution in [0.15, 0.2) is 42.9 Å². The third-order valence-electron chi connectivity index (χ3n) is 3.58. The number of aromatic nitrogens is 2. The molecule has 0 aliphatic heterocycles. The van der Waals surface area contributed by atoms with Crippen molar-refractivity contribution < 1.29 is 19.4 Å². The molecular formula is C17H19N3O4. The van der Waals surface area contributed by atoms with Crippen molar-refractivity contribution in [2.75, 3.05) is 14.2 Å². The van der Waals surface area contributed by atoms with Crippen LogP contribution in [0.4, 0.5) is 0 Å². The Morgan fingerprint density at radius 1 is 1.46 bits per heavy atom. The predicted octanol–water partition coefficient (Wildman–Crippen LogP) is 1.59. The zero-order valence-corrected chi connectivity index (χ0v) is 13.5. The number of methoxy groups -OCH3 is 1. The number of carbonyl (C=O) groups is 2. The largest absolute Gasteiger partial charge is 0.497 e. The minimum atomic E-state index is -1.07. The molecule has 0 fully saturated rings. The molecule has 1 atom stereocenters. The minimum Gasteiger partial charge on any atom is -0.497 e. The van der Waals surface area contributed by atoms with Crippen LogP contribution >= 0.6 is 0 Å². The van der Waals surface area contributed by atoms with E-state index in [1.807, 2.05) is 12.1 Å². The first-order valence-corrected chi connectivity index (χ1v) is 7.30. The van der Waals surface area contributed by atoms with Gasteiger partial charge in [-0.05, 0) is 23.8 Å². The van der Waals surface area contributed by atoms with Crippen LogP contribution in [0.1, 0.15) is 11.3 Å². The Labute approximate surface area is 139 Å². The van der Waals surface area contributed by atoms with E-state index in [1.165, 1.54) is 24.4 Å². The maximum Gasteiger partial charge on any atom is 0.326 e. The van der Waals surface area contributed by atoms with Crippen molar-refractivity contribution in [1.29, 1.82) is 0 Å². The molecule has 126 valence electrons. The van der Waals surface area contributed by atoms with Crippen molar-refractivity contribution in [1.82, 2.24) is 14.9 Å². The summed E-state index contributed by atoms with van der Waals surface area (Å²) >= 11 is 0. The van der Waals surface area contributed by atoms with Crippen molar-refractivity contribution >= 4 is 18.0 Å². The maximum atomic E-state index is 12.3. The number of amides is 1. The topological polar surface area (TPSA) is 95.5 Å². The third-order valence-corrected chi connectivity index (χ3v) is 3.58. The number of benzene rings is 1. The average molecular weight is 329 g/mol. The molecule has 2 aromatic rings. The summed E-state index contributed by atoms with van der Waals surface area (Å²) in [4.78, 5) is 31.6. The summed E-state index contributed by atoms with van der Waals surface area (Å²) in [5.41, 5.74) is 1.44. The fourth-order valence-electron chi connectivity index (χ4n) is 2.18. The molecule has 2 N–H and O–H groups in total. The van der Waals surface area contributed by atoms with Crippen molar-refractivity contribution in [2.45, 2.75) is 12.5 Å². The molecule has 1 aromatic heterocycles. The molecule has 24 heavy (non-hydrogen) atoms. The van der Waals surface area contributed by atoms with Gasteiger partial charge in [-0.15, -0.1) is 0 Å². The van der Waals surface area contributed by atoms with Crippen LogP contribution in [-0.4, -0.2) is 52.1 Å². The minimum absolute atomic E-state index is 0.157. The molecule has 1 heterocycles. The Kier molecular flexibility index (Phi) is 5.73. The standard InChI is InChI=1S/C17H19N3O4/c1-20(15(17(22)23)9-13-10-18-11-19-13)16(21)7-6-12-4-3-5-14(8-12)24-2/h3-8,10-11,15H,9H2,1-2H3,(H,18,19)(H,22,23)/t15-/m0/s1. The fraction of sp³-hybridized carbons (Fsp3) is 0.235. The number of rotatable bonds is 7. The molecular weight excluding hydrogens is 310 g/mol. The average Bonchev–Trinajstić information content (AvgIpc) is 3.10. The summed E-state index contributed by atoms with van der Waals surface area (Å²) < 4.78 is 5.12. The number of carbonyl (C=O) groups excluding carboxylic acids is 1. The predicted molar refractivity (Wildman–Crippen MR) is 88.5 cm³/mol. The summed E-state index contributed by atoms with van der Waals surface area (Å²) in [7, 11) is 3.03. The van der Waals surface area contributed by atoms with Crippen LogP contribution in [0, 0.1) is 0 Å². The van der Waals surface area contributed by atoms with Crippen LogP contribution in [0.5, 0.6) is 5.75 Å². The lowest BCUT2D eigenvalue weighted by molar-refractivity contribution is -0.147. The molecule has 7 heteroatoms. The maximum absolute atomic E-state index is 12.3. The Hall–Kier alpha value is -3.09. The molecule has 0 radical (unpaired) electrons. The van der Waals surface area contributed by atoms with Crippen LogP contribution in [-0.2, 0) is 16.0 Å². The lowest BCUT2D eigenvalue weighted by Gasteiger charge is -2.23. The molecule has 0 spiro atoms. The van der Waals surface area contributed by atoms with Gasteiger partial charge in [-0.1, -0.05) is 12.1 Å². The molecule has 1 amide bonds. The Bertz CT molecular complexity index is 725. The summed E-state index contributed by atoms with van der Waals surface area (Å²) in [6.45, 7) is 0. The number of hydrogen-bond acceptors (Lipinski definition) is 4. The van der Waals surface area contributed by atoms with Crippen LogP contribution in [0.3, 0.4) is 0 Å². The quantitative estimate of drug-likeness (QED) is 0.752. The first-order chi connectivity index (χ1) is 11.5. The Morgan fingerprint density at radius 2 is 2.25 bits per heavy atom. The lowest BCUT2D eigenvalue weighted by atomic mass is 10.1. The van der Waals surface area contributed by atoms with Crippen LogP contribution in [0.2, 0.25) is 0 Å². The molecule has 0 saturated carbocycles. The molecule has 7 nitrogen and oxygen atoms in total. The van der Waals surface area contributed by atoms with E-state index in [1.54, 1.807) is 31.5 Å². The highest BCUT2D eigenvalue weighted by molar-refractivity contribution is 5.94. The highest BCUT2D eigenvalue weighted by Gasteiger charge is 2.26.